The van der Waals surface area contributed by atoms with Gasteiger partial charge in [-0.15, -0.1) is 0 Å². The van der Waals surface area contributed by atoms with Gasteiger partial charge in [0.2, 0.25) is 5.95 Å². The molecule has 0 aliphatic carbocycles. The highest BCUT2D eigenvalue weighted by Crippen LogP contribution is 2.25. The number of H-pyrrole nitrogens is 1. The van der Waals surface area contributed by atoms with Gasteiger partial charge in [0.25, 0.3) is 10.0 Å². The second-order valence-electron chi connectivity index (χ2n) is 3.12. The van der Waals surface area contributed by atoms with Crippen molar-refractivity contribution in [1.82, 2.24) is 9.97 Å². The molecule has 0 aliphatic heterocycles. The molecule has 1 aromatic heterocycles. The van der Waals surface area contributed by atoms with Crippen molar-refractivity contribution in [3.05, 3.63) is 40.6 Å². The van der Waals surface area contributed by atoms with Gasteiger partial charge in [0.15, 0.2) is 0 Å². The molecule has 0 bridgehead atoms. The zero-order valence-corrected chi connectivity index (χ0v) is 10.6. The number of nitrogens with one attached hydrogen (secondary N) is 2. The molecule has 5 nitrogen and oxygen atoms in total. The average Bonchev–Trinajstić information content (AvgIpc) is 2.73. The molecule has 17 heavy (non-hydrogen) atoms. The van der Waals surface area contributed by atoms with Gasteiger partial charge in [0.1, 0.15) is 0 Å². The Morgan fingerprint density at radius 2 is 2.00 bits per heavy atom. The van der Waals surface area contributed by atoms with E-state index in [4.69, 9.17) is 23.2 Å². The molecule has 1 aromatic carbocycles. The quantitative estimate of drug-likeness (QED) is 0.912. The highest BCUT2D eigenvalue weighted by molar-refractivity contribution is 7.92. The van der Waals surface area contributed by atoms with Crippen LogP contribution >= 0.6 is 23.2 Å². The van der Waals surface area contributed by atoms with Crippen LogP contribution in [0.2, 0.25) is 10.0 Å². The van der Waals surface area contributed by atoms with E-state index in [-0.39, 0.29) is 15.9 Å². The molecule has 0 fully saturated rings. The Hall–Kier alpha value is -1.24. The van der Waals surface area contributed by atoms with Crippen LogP contribution in [0.1, 0.15) is 0 Å². The highest BCUT2D eigenvalue weighted by atomic mass is 35.5. The lowest BCUT2D eigenvalue weighted by molar-refractivity contribution is 0.601. The topological polar surface area (TPSA) is 74.8 Å². The van der Waals surface area contributed by atoms with Crippen LogP contribution in [0.4, 0.5) is 5.95 Å². The second-order valence-corrected chi connectivity index (χ2v) is 5.62. The molecule has 1 heterocycles. The molecule has 8 heteroatoms. The zero-order chi connectivity index (χ0) is 12.5. The number of halogens is 2. The summed E-state index contributed by atoms with van der Waals surface area (Å²) in [6, 6.07) is 4.05. The third-order valence-corrected chi connectivity index (χ3v) is 4.01. The van der Waals surface area contributed by atoms with E-state index in [2.05, 4.69) is 14.7 Å². The molecule has 0 atom stereocenters. The lowest BCUT2D eigenvalue weighted by Gasteiger charge is -2.06. The summed E-state index contributed by atoms with van der Waals surface area (Å²) in [5.41, 5.74) is 0. The van der Waals surface area contributed by atoms with E-state index >= 15 is 0 Å². The largest absolute Gasteiger partial charge is 0.330 e. The van der Waals surface area contributed by atoms with E-state index in [0.29, 0.717) is 5.02 Å². The molecule has 2 aromatic rings. The maximum Gasteiger partial charge on any atom is 0.264 e. The summed E-state index contributed by atoms with van der Waals surface area (Å²) >= 11 is 11.5. The first-order chi connectivity index (χ1) is 7.99. The van der Waals surface area contributed by atoms with Gasteiger partial charge in [-0.1, -0.05) is 23.2 Å². The molecule has 2 rings (SSSR count). The van der Waals surface area contributed by atoms with Crippen molar-refractivity contribution in [2.24, 2.45) is 0 Å². The van der Waals surface area contributed by atoms with Crippen LogP contribution in [0.15, 0.2) is 35.5 Å². The van der Waals surface area contributed by atoms with Gasteiger partial charge in [0, 0.05) is 12.4 Å². The zero-order valence-electron chi connectivity index (χ0n) is 8.31. The van der Waals surface area contributed by atoms with Crippen molar-refractivity contribution < 1.29 is 8.42 Å². The fourth-order valence-electron chi connectivity index (χ4n) is 1.15. The standard InChI is InChI=1S/C9H7Cl2N3O2S/c10-7-2-1-6(5-8(7)11)17(15,16)14-9-12-3-4-13-9/h1-5H,(H2,12,13,14). The summed E-state index contributed by atoms with van der Waals surface area (Å²) in [5.74, 6) is 0.135. The first-order valence-corrected chi connectivity index (χ1v) is 6.70. The van der Waals surface area contributed by atoms with Crippen molar-refractivity contribution >= 4 is 39.2 Å². The van der Waals surface area contributed by atoms with Crippen LogP contribution < -0.4 is 4.72 Å². The number of benzene rings is 1. The maximum absolute atomic E-state index is 11.9. The summed E-state index contributed by atoms with van der Waals surface area (Å²) in [4.78, 5) is 6.41. The molecule has 0 saturated carbocycles. The average molecular weight is 292 g/mol. The monoisotopic (exact) mass is 291 g/mol. The van der Waals surface area contributed by atoms with Crippen LogP contribution in [0, 0.1) is 0 Å². The smallest absolute Gasteiger partial charge is 0.264 e. The Bertz CT molecular complexity index is 626. The molecule has 0 radical (unpaired) electrons. The summed E-state index contributed by atoms with van der Waals surface area (Å²) in [6.07, 6.45) is 2.94. The lowest BCUT2D eigenvalue weighted by Crippen LogP contribution is -2.13. The van der Waals surface area contributed by atoms with E-state index < -0.39 is 10.0 Å². The van der Waals surface area contributed by atoms with Crippen molar-refractivity contribution in [2.75, 3.05) is 4.72 Å². The number of imidazole rings is 1. The third-order valence-electron chi connectivity index (χ3n) is 1.93. The number of nitrogens with zero attached hydrogens (tertiary/aromatic N) is 1. The van der Waals surface area contributed by atoms with Crippen LogP contribution in [0.25, 0.3) is 0 Å². The minimum atomic E-state index is -3.71. The summed E-state index contributed by atoms with van der Waals surface area (Å²) in [7, 11) is -3.71. The van der Waals surface area contributed by atoms with Crippen LogP contribution in [-0.4, -0.2) is 18.4 Å². The van der Waals surface area contributed by atoms with Gasteiger partial charge in [0.05, 0.1) is 14.9 Å². The minimum Gasteiger partial charge on any atom is -0.330 e. The Kier molecular flexibility index (Phi) is 3.28. The fourth-order valence-corrected chi connectivity index (χ4v) is 2.52. The number of rotatable bonds is 3. The van der Waals surface area contributed by atoms with Crippen LogP contribution in [-0.2, 0) is 10.0 Å². The number of anilines is 1. The minimum absolute atomic E-state index is 0.0169. The van der Waals surface area contributed by atoms with Gasteiger partial charge in [-0.2, -0.15) is 0 Å². The summed E-state index contributed by atoms with van der Waals surface area (Å²) in [6.45, 7) is 0. The molecule has 0 spiro atoms. The first-order valence-electron chi connectivity index (χ1n) is 4.46. The fraction of sp³-hybridized carbons (Fsp3) is 0. The van der Waals surface area contributed by atoms with Gasteiger partial charge in [-0.05, 0) is 18.2 Å². The van der Waals surface area contributed by atoms with Crippen molar-refractivity contribution in [2.45, 2.75) is 4.90 Å². The van der Waals surface area contributed by atoms with Gasteiger partial charge < -0.3 is 4.98 Å². The lowest BCUT2D eigenvalue weighted by atomic mass is 10.4. The van der Waals surface area contributed by atoms with E-state index in [1.807, 2.05) is 0 Å². The molecule has 2 N–H and O–H groups in total. The normalized spacial score (nSPS) is 11.4. The molecular weight excluding hydrogens is 285 g/mol. The van der Waals surface area contributed by atoms with Gasteiger partial charge in [-0.3, -0.25) is 0 Å². The van der Waals surface area contributed by atoms with Crippen LogP contribution in [0.5, 0.6) is 0 Å². The SMILES string of the molecule is O=S(=O)(Nc1ncc[nH]1)c1ccc(Cl)c(Cl)c1. The first kappa shape index (κ1) is 12.2. The predicted octanol–water partition coefficient (Wildman–Crippen LogP) is 2.52. The Morgan fingerprint density at radius 1 is 1.24 bits per heavy atom. The summed E-state index contributed by atoms with van der Waals surface area (Å²) in [5, 5.41) is 0.470. The van der Waals surface area contributed by atoms with Crippen LogP contribution in [0.3, 0.4) is 0 Å². The van der Waals surface area contributed by atoms with Crippen molar-refractivity contribution in [1.29, 1.82) is 0 Å². The van der Waals surface area contributed by atoms with E-state index in [9.17, 15) is 8.42 Å². The Morgan fingerprint density at radius 3 is 2.59 bits per heavy atom. The predicted molar refractivity (Wildman–Crippen MR) is 65.9 cm³/mol. The number of hydrogen-bond acceptors (Lipinski definition) is 3. The second kappa shape index (κ2) is 4.56. The molecular formula is C9H7Cl2N3O2S. The Balaban J connectivity index is 2.35. The maximum atomic E-state index is 11.9. The molecule has 0 amide bonds. The van der Waals surface area contributed by atoms with Crippen molar-refractivity contribution in [3.8, 4) is 0 Å². The van der Waals surface area contributed by atoms with E-state index in [1.54, 1.807) is 0 Å². The van der Waals surface area contributed by atoms with Crippen molar-refractivity contribution in [3.63, 3.8) is 0 Å². The van der Waals surface area contributed by atoms with Gasteiger partial charge in [-0.25, -0.2) is 18.1 Å². The van der Waals surface area contributed by atoms with Gasteiger partial charge >= 0.3 is 0 Å². The number of hydrogen-bond donors (Lipinski definition) is 2. The van der Waals surface area contributed by atoms with E-state index in [0.717, 1.165) is 0 Å². The number of aromatic nitrogens is 2. The number of aromatic amines is 1. The molecule has 0 aliphatic rings. The third kappa shape index (κ3) is 2.71. The van der Waals surface area contributed by atoms with E-state index in [1.165, 1.54) is 30.6 Å². The molecule has 90 valence electrons. The highest BCUT2D eigenvalue weighted by Gasteiger charge is 2.16. The molecule has 0 saturated heterocycles. The number of sulfonamides is 1. The summed E-state index contributed by atoms with van der Waals surface area (Å²) < 4.78 is 26.0. The molecule has 0 unspecified atom stereocenters. The Labute approximate surface area is 108 Å².